The Morgan fingerprint density at radius 1 is 0.952 bits per heavy atom. The highest BCUT2D eigenvalue weighted by atomic mass is 15.2. The second kappa shape index (κ2) is 5.22. The van der Waals surface area contributed by atoms with Gasteiger partial charge in [0.1, 0.15) is 5.82 Å². The summed E-state index contributed by atoms with van der Waals surface area (Å²) >= 11 is 0. The third-order valence-corrected chi connectivity index (χ3v) is 3.30. The van der Waals surface area contributed by atoms with Crippen molar-refractivity contribution in [2.45, 2.75) is 0 Å². The summed E-state index contributed by atoms with van der Waals surface area (Å²) in [4.78, 5) is 11.2. The number of aromatic nitrogens is 2. The lowest BCUT2D eigenvalue weighted by Gasteiger charge is -2.15. The van der Waals surface area contributed by atoms with E-state index < -0.39 is 0 Å². The first-order valence-corrected chi connectivity index (χ1v) is 6.64. The number of hydrogen-bond acceptors (Lipinski definition) is 4. The first-order chi connectivity index (χ1) is 10.2. The second-order valence-electron chi connectivity index (χ2n) is 4.94. The molecule has 1 aromatic heterocycles. The van der Waals surface area contributed by atoms with Gasteiger partial charge in [0, 0.05) is 25.0 Å². The minimum Gasteiger partial charge on any atom is -0.362 e. The fourth-order valence-corrected chi connectivity index (χ4v) is 2.30. The van der Waals surface area contributed by atoms with Gasteiger partial charge in [-0.2, -0.15) is 5.26 Å². The molecule has 0 atom stereocenters. The number of para-hydroxylation sites is 1. The second-order valence-corrected chi connectivity index (χ2v) is 4.94. The van der Waals surface area contributed by atoms with Crippen molar-refractivity contribution in [1.29, 1.82) is 5.26 Å². The Labute approximate surface area is 123 Å². The average molecular weight is 274 g/mol. The molecule has 3 rings (SSSR count). The van der Waals surface area contributed by atoms with Gasteiger partial charge in [0.2, 0.25) is 0 Å². The Bertz CT molecular complexity index is 847. The molecule has 4 nitrogen and oxygen atoms in total. The van der Waals surface area contributed by atoms with Gasteiger partial charge in [0.25, 0.3) is 0 Å². The molecule has 3 aromatic rings. The van der Waals surface area contributed by atoms with Gasteiger partial charge >= 0.3 is 0 Å². The summed E-state index contributed by atoms with van der Waals surface area (Å²) in [7, 11) is 3.91. The van der Waals surface area contributed by atoms with E-state index in [0.29, 0.717) is 11.4 Å². The van der Waals surface area contributed by atoms with Gasteiger partial charge in [0.05, 0.1) is 17.1 Å². The lowest BCUT2D eigenvalue weighted by molar-refractivity contribution is 1.07. The number of anilines is 1. The van der Waals surface area contributed by atoms with Crippen LogP contribution in [0.1, 0.15) is 5.56 Å². The van der Waals surface area contributed by atoms with Crippen LogP contribution in [0.15, 0.2) is 48.5 Å². The van der Waals surface area contributed by atoms with Crippen molar-refractivity contribution < 1.29 is 0 Å². The molecular formula is C17H14N4. The summed E-state index contributed by atoms with van der Waals surface area (Å²) in [5.41, 5.74) is 2.21. The van der Waals surface area contributed by atoms with E-state index in [0.717, 1.165) is 22.3 Å². The summed E-state index contributed by atoms with van der Waals surface area (Å²) in [5.74, 6) is 1.43. The third kappa shape index (κ3) is 2.30. The first kappa shape index (κ1) is 13.1. The molecule has 0 aliphatic carbocycles. The predicted molar refractivity (Wildman–Crippen MR) is 84.0 cm³/mol. The van der Waals surface area contributed by atoms with E-state index in [-0.39, 0.29) is 0 Å². The highest BCUT2D eigenvalue weighted by molar-refractivity contribution is 5.91. The van der Waals surface area contributed by atoms with Gasteiger partial charge in [-0.25, -0.2) is 9.97 Å². The van der Waals surface area contributed by atoms with E-state index in [9.17, 15) is 5.26 Å². The molecule has 0 N–H and O–H groups in total. The number of rotatable bonds is 2. The van der Waals surface area contributed by atoms with Gasteiger partial charge in [-0.1, -0.05) is 24.3 Å². The molecule has 0 amide bonds. The minimum absolute atomic E-state index is 0.578. The van der Waals surface area contributed by atoms with Crippen molar-refractivity contribution in [3.8, 4) is 17.5 Å². The van der Waals surface area contributed by atoms with Crippen LogP contribution in [0.2, 0.25) is 0 Å². The lowest BCUT2D eigenvalue weighted by Crippen LogP contribution is -2.12. The normalized spacial score (nSPS) is 10.3. The molecule has 21 heavy (non-hydrogen) atoms. The molecule has 0 saturated carbocycles. The molecule has 0 fully saturated rings. The molecule has 0 aliphatic heterocycles. The van der Waals surface area contributed by atoms with Crippen LogP contribution in [0.4, 0.5) is 5.82 Å². The summed E-state index contributed by atoms with van der Waals surface area (Å²) < 4.78 is 0. The molecule has 2 aromatic carbocycles. The van der Waals surface area contributed by atoms with Crippen LogP contribution >= 0.6 is 0 Å². The molecule has 0 saturated heterocycles. The SMILES string of the molecule is CN(C)c1nc(-c2ccccc2C#N)nc2ccccc12. The van der Waals surface area contributed by atoms with Crippen molar-refractivity contribution in [3.63, 3.8) is 0 Å². The van der Waals surface area contributed by atoms with Crippen molar-refractivity contribution >= 4 is 16.7 Å². The molecule has 4 heteroatoms. The highest BCUT2D eigenvalue weighted by Crippen LogP contribution is 2.27. The minimum atomic E-state index is 0.578. The van der Waals surface area contributed by atoms with Crippen LogP contribution in [0.5, 0.6) is 0 Å². The number of nitrogens with zero attached hydrogens (tertiary/aromatic N) is 4. The van der Waals surface area contributed by atoms with Gasteiger partial charge in [0.15, 0.2) is 5.82 Å². The van der Waals surface area contributed by atoms with E-state index in [1.165, 1.54) is 0 Å². The summed E-state index contributed by atoms with van der Waals surface area (Å²) in [6.07, 6.45) is 0. The molecule has 0 radical (unpaired) electrons. The Hall–Kier alpha value is -2.93. The van der Waals surface area contributed by atoms with Crippen molar-refractivity contribution in [1.82, 2.24) is 9.97 Å². The first-order valence-electron chi connectivity index (χ1n) is 6.64. The Kier molecular flexibility index (Phi) is 3.25. The smallest absolute Gasteiger partial charge is 0.163 e. The van der Waals surface area contributed by atoms with E-state index in [1.807, 2.05) is 61.5 Å². The zero-order valence-electron chi connectivity index (χ0n) is 11.9. The topological polar surface area (TPSA) is 52.8 Å². The maximum absolute atomic E-state index is 9.26. The van der Waals surface area contributed by atoms with Crippen molar-refractivity contribution in [2.24, 2.45) is 0 Å². The highest BCUT2D eigenvalue weighted by Gasteiger charge is 2.12. The number of hydrogen-bond donors (Lipinski definition) is 0. The van der Waals surface area contributed by atoms with Gasteiger partial charge in [-0.15, -0.1) is 0 Å². The van der Waals surface area contributed by atoms with E-state index >= 15 is 0 Å². The molecular weight excluding hydrogens is 260 g/mol. The fraction of sp³-hybridized carbons (Fsp3) is 0.118. The Morgan fingerprint density at radius 2 is 1.67 bits per heavy atom. The van der Waals surface area contributed by atoms with E-state index in [4.69, 9.17) is 0 Å². The largest absolute Gasteiger partial charge is 0.362 e. The summed E-state index contributed by atoms with van der Waals surface area (Å²) in [6, 6.07) is 17.5. The monoisotopic (exact) mass is 274 g/mol. The van der Waals surface area contributed by atoms with Crippen LogP contribution in [0.25, 0.3) is 22.3 Å². The van der Waals surface area contributed by atoms with Crippen LogP contribution in [0, 0.1) is 11.3 Å². The standard InChI is InChI=1S/C17H14N4/c1-21(2)17-14-9-5-6-10-15(14)19-16(20-17)13-8-4-3-7-12(13)11-18/h3-10H,1-2H3. The van der Waals surface area contributed by atoms with E-state index in [1.54, 1.807) is 6.07 Å². The van der Waals surface area contributed by atoms with Crippen LogP contribution in [-0.4, -0.2) is 24.1 Å². The van der Waals surface area contributed by atoms with E-state index in [2.05, 4.69) is 16.0 Å². The molecule has 0 unspecified atom stereocenters. The quantitative estimate of drug-likeness (QED) is 0.720. The van der Waals surface area contributed by atoms with Gasteiger partial charge in [-0.05, 0) is 24.3 Å². The molecule has 102 valence electrons. The van der Waals surface area contributed by atoms with Gasteiger partial charge < -0.3 is 4.90 Å². The zero-order valence-corrected chi connectivity index (χ0v) is 11.9. The molecule has 0 bridgehead atoms. The molecule has 0 aliphatic rings. The van der Waals surface area contributed by atoms with Gasteiger partial charge in [-0.3, -0.25) is 0 Å². The molecule has 0 spiro atoms. The molecule has 1 heterocycles. The van der Waals surface area contributed by atoms with Crippen molar-refractivity contribution in [2.75, 3.05) is 19.0 Å². The Morgan fingerprint density at radius 3 is 2.43 bits per heavy atom. The van der Waals surface area contributed by atoms with Crippen LogP contribution < -0.4 is 4.90 Å². The Balaban J connectivity index is 2.32. The number of nitriles is 1. The van der Waals surface area contributed by atoms with Crippen LogP contribution in [-0.2, 0) is 0 Å². The number of benzene rings is 2. The summed E-state index contributed by atoms with van der Waals surface area (Å²) in [5, 5.41) is 10.3. The predicted octanol–water partition coefficient (Wildman–Crippen LogP) is 3.23. The zero-order chi connectivity index (χ0) is 14.8. The van der Waals surface area contributed by atoms with Crippen molar-refractivity contribution in [3.05, 3.63) is 54.1 Å². The summed E-state index contributed by atoms with van der Waals surface area (Å²) in [6.45, 7) is 0. The fourth-order valence-electron chi connectivity index (χ4n) is 2.30. The average Bonchev–Trinajstić information content (AvgIpc) is 2.53. The maximum Gasteiger partial charge on any atom is 0.163 e. The van der Waals surface area contributed by atoms with Crippen LogP contribution in [0.3, 0.4) is 0 Å². The maximum atomic E-state index is 9.26. The number of fused-ring (bicyclic) bond motifs is 1. The lowest BCUT2D eigenvalue weighted by atomic mass is 10.1. The third-order valence-electron chi connectivity index (χ3n) is 3.30.